The summed E-state index contributed by atoms with van der Waals surface area (Å²) in [6.07, 6.45) is 12.1. The Balaban J connectivity index is 1.75. The second kappa shape index (κ2) is 6.65. The van der Waals surface area contributed by atoms with E-state index in [4.69, 9.17) is 0 Å². The maximum atomic E-state index is 13.3. The van der Waals surface area contributed by atoms with Crippen LogP contribution in [0, 0.1) is 5.82 Å². The largest absolute Gasteiger partial charge is 0.351 e. The Hall–Kier alpha value is -2.62. The van der Waals surface area contributed by atoms with Gasteiger partial charge in [0.1, 0.15) is 11.5 Å². The number of likely N-dealkylation sites (N-methyl/N-ethyl adjacent to an activating group) is 1. The van der Waals surface area contributed by atoms with Crippen molar-refractivity contribution in [3.63, 3.8) is 0 Å². The number of aromatic nitrogens is 1. The number of benzene rings is 1. The zero-order valence-corrected chi connectivity index (χ0v) is 13.1. The molecule has 0 atom stereocenters. The molecule has 0 spiro atoms. The fourth-order valence-corrected chi connectivity index (χ4v) is 2.70. The number of amides is 1. The molecule has 2 aromatic rings. The third kappa shape index (κ3) is 3.59. The minimum atomic E-state index is -0.302. The quantitative estimate of drug-likeness (QED) is 0.847. The maximum Gasteiger partial charge on any atom is 0.270 e. The summed E-state index contributed by atoms with van der Waals surface area (Å²) in [5.41, 5.74) is 2.46. The highest BCUT2D eigenvalue weighted by atomic mass is 19.1. The van der Waals surface area contributed by atoms with Crippen LogP contribution in [0.25, 0.3) is 10.9 Å². The highest BCUT2D eigenvalue weighted by Gasteiger charge is 2.15. The molecule has 3 nitrogen and oxygen atoms in total. The number of halogens is 1. The number of H-pyrrole nitrogens is 1. The molecule has 1 aromatic heterocycles. The minimum absolute atomic E-state index is 0.0934. The summed E-state index contributed by atoms with van der Waals surface area (Å²) in [6, 6.07) is 6.16. The molecule has 0 aliphatic heterocycles. The molecule has 1 aliphatic rings. The number of nitrogens with one attached hydrogen (secondary N) is 1. The van der Waals surface area contributed by atoms with Gasteiger partial charge in [0.2, 0.25) is 0 Å². The number of carbonyl (C=O) groups excluding carboxylic acids is 1. The summed E-state index contributed by atoms with van der Waals surface area (Å²) < 4.78 is 13.3. The molecular formula is C19H19FN2O. The number of carbonyl (C=O) groups is 1. The molecule has 1 N–H and O–H groups in total. The lowest BCUT2D eigenvalue weighted by molar-refractivity contribution is 0.0801. The first-order valence-corrected chi connectivity index (χ1v) is 7.67. The van der Waals surface area contributed by atoms with E-state index in [1.54, 1.807) is 24.1 Å². The van der Waals surface area contributed by atoms with E-state index >= 15 is 0 Å². The van der Waals surface area contributed by atoms with Crippen LogP contribution in [0.2, 0.25) is 0 Å². The Morgan fingerprint density at radius 1 is 1.26 bits per heavy atom. The van der Waals surface area contributed by atoms with Crippen LogP contribution in [0.1, 0.15) is 23.3 Å². The van der Waals surface area contributed by atoms with Gasteiger partial charge in [0.15, 0.2) is 0 Å². The van der Waals surface area contributed by atoms with E-state index in [1.807, 2.05) is 12.2 Å². The first-order valence-electron chi connectivity index (χ1n) is 7.67. The van der Waals surface area contributed by atoms with Gasteiger partial charge in [-0.25, -0.2) is 4.39 Å². The topological polar surface area (TPSA) is 36.1 Å². The van der Waals surface area contributed by atoms with Crippen LogP contribution < -0.4 is 0 Å². The van der Waals surface area contributed by atoms with Gasteiger partial charge in [-0.3, -0.25) is 4.79 Å². The van der Waals surface area contributed by atoms with Gasteiger partial charge in [0.25, 0.3) is 5.91 Å². The minimum Gasteiger partial charge on any atom is -0.351 e. The molecule has 0 fully saturated rings. The van der Waals surface area contributed by atoms with Crippen LogP contribution in [-0.4, -0.2) is 29.4 Å². The second-order valence-corrected chi connectivity index (χ2v) is 5.73. The lowest BCUT2D eigenvalue weighted by Crippen LogP contribution is -2.29. The van der Waals surface area contributed by atoms with E-state index in [-0.39, 0.29) is 11.7 Å². The third-order valence-corrected chi connectivity index (χ3v) is 3.91. The van der Waals surface area contributed by atoms with Gasteiger partial charge in [0, 0.05) is 24.5 Å². The lowest BCUT2D eigenvalue weighted by Gasteiger charge is -2.18. The van der Waals surface area contributed by atoms with Crippen LogP contribution >= 0.6 is 0 Å². The molecule has 118 valence electrons. The number of allylic oxidation sites excluding steroid dienone is 5. The maximum absolute atomic E-state index is 13.3. The number of fused-ring (bicyclic) bond motifs is 1. The van der Waals surface area contributed by atoms with Gasteiger partial charge in [-0.1, -0.05) is 36.0 Å². The number of hydrogen-bond acceptors (Lipinski definition) is 1. The average Bonchev–Trinajstić information content (AvgIpc) is 2.91. The standard InChI is InChI=1S/C19H19FN2O/c1-22(13-14-7-5-3-2-4-6-8-14)19(23)18-12-15-11-16(20)9-10-17(15)21-18/h2-5,8-12,21H,6-7,13H2,1H3/b4-2?,5-3-,14-8+. The van der Waals surface area contributed by atoms with E-state index in [0.29, 0.717) is 17.6 Å². The van der Waals surface area contributed by atoms with E-state index < -0.39 is 0 Å². The van der Waals surface area contributed by atoms with Gasteiger partial charge in [-0.2, -0.15) is 0 Å². The third-order valence-electron chi connectivity index (χ3n) is 3.91. The van der Waals surface area contributed by atoms with E-state index in [1.165, 1.54) is 17.7 Å². The number of rotatable bonds is 3. The van der Waals surface area contributed by atoms with E-state index in [9.17, 15) is 9.18 Å². The highest BCUT2D eigenvalue weighted by Crippen LogP contribution is 2.18. The summed E-state index contributed by atoms with van der Waals surface area (Å²) in [5, 5.41) is 0.708. The molecule has 0 unspecified atom stereocenters. The van der Waals surface area contributed by atoms with Crippen LogP contribution in [0.5, 0.6) is 0 Å². The molecular weight excluding hydrogens is 291 g/mol. The molecule has 0 bridgehead atoms. The van der Waals surface area contributed by atoms with Gasteiger partial charge in [-0.15, -0.1) is 0 Å². The fraction of sp³-hybridized carbons (Fsp3) is 0.211. The zero-order chi connectivity index (χ0) is 16.2. The fourth-order valence-electron chi connectivity index (χ4n) is 2.70. The van der Waals surface area contributed by atoms with Gasteiger partial charge < -0.3 is 9.88 Å². The Kier molecular flexibility index (Phi) is 4.42. The molecule has 23 heavy (non-hydrogen) atoms. The first-order chi connectivity index (χ1) is 11.1. The number of hydrogen-bond donors (Lipinski definition) is 1. The number of nitrogens with zero attached hydrogens (tertiary/aromatic N) is 1. The Morgan fingerprint density at radius 2 is 2.09 bits per heavy atom. The molecule has 1 heterocycles. The SMILES string of the molecule is CN(C/C1=C/CC=C/C=C\C1)C(=O)c1cc2cc(F)ccc2[nH]1. The second-order valence-electron chi connectivity index (χ2n) is 5.73. The van der Waals surface area contributed by atoms with Crippen molar-refractivity contribution in [3.8, 4) is 0 Å². The Labute approximate surface area is 134 Å². The summed E-state index contributed by atoms with van der Waals surface area (Å²) in [4.78, 5) is 17.3. The molecule has 0 radical (unpaired) electrons. The van der Waals surface area contributed by atoms with Crippen molar-refractivity contribution in [2.24, 2.45) is 0 Å². The molecule has 0 saturated heterocycles. The average molecular weight is 310 g/mol. The summed E-state index contributed by atoms with van der Waals surface area (Å²) in [7, 11) is 1.79. The van der Waals surface area contributed by atoms with Crippen molar-refractivity contribution in [2.45, 2.75) is 12.8 Å². The van der Waals surface area contributed by atoms with E-state index in [2.05, 4.69) is 23.2 Å². The van der Waals surface area contributed by atoms with Gasteiger partial charge >= 0.3 is 0 Å². The van der Waals surface area contributed by atoms with Crippen molar-refractivity contribution in [2.75, 3.05) is 13.6 Å². The molecule has 4 heteroatoms. The monoisotopic (exact) mass is 310 g/mol. The van der Waals surface area contributed by atoms with Gasteiger partial charge in [0.05, 0.1) is 0 Å². The van der Waals surface area contributed by atoms with Crippen molar-refractivity contribution in [1.29, 1.82) is 0 Å². The summed E-state index contributed by atoms with van der Waals surface area (Å²) in [5.74, 6) is -0.396. The highest BCUT2D eigenvalue weighted by molar-refractivity contribution is 5.98. The lowest BCUT2D eigenvalue weighted by atomic mass is 10.1. The molecule has 1 amide bonds. The Bertz CT molecular complexity index is 814. The molecule has 1 aliphatic carbocycles. The summed E-state index contributed by atoms with van der Waals surface area (Å²) in [6.45, 7) is 0.584. The molecule has 0 saturated carbocycles. The predicted molar refractivity (Wildman–Crippen MR) is 90.8 cm³/mol. The number of aromatic amines is 1. The smallest absolute Gasteiger partial charge is 0.270 e. The molecule has 3 rings (SSSR count). The Morgan fingerprint density at radius 3 is 2.96 bits per heavy atom. The normalized spacial score (nSPS) is 18.1. The predicted octanol–water partition coefficient (Wildman–Crippen LogP) is 4.21. The van der Waals surface area contributed by atoms with Crippen LogP contribution in [-0.2, 0) is 0 Å². The van der Waals surface area contributed by atoms with Crippen LogP contribution in [0.3, 0.4) is 0 Å². The molecule has 1 aromatic carbocycles. The van der Waals surface area contributed by atoms with Gasteiger partial charge in [-0.05, 0) is 37.1 Å². The van der Waals surface area contributed by atoms with Crippen molar-refractivity contribution in [3.05, 3.63) is 71.7 Å². The zero-order valence-electron chi connectivity index (χ0n) is 13.1. The van der Waals surface area contributed by atoms with Crippen LogP contribution in [0.4, 0.5) is 4.39 Å². The summed E-state index contributed by atoms with van der Waals surface area (Å²) >= 11 is 0. The van der Waals surface area contributed by atoms with Crippen molar-refractivity contribution in [1.82, 2.24) is 9.88 Å². The van der Waals surface area contributed by atoms with Crippen LogP contribution in [0.15, 0.2) is 60.2 Å². The van der Waals surface area contributed by atoms with Crippen molar-refractivity contribution >= 4 is 16.8 Å². The van der Waals surface area contributed by atoms with Crippen molar-refractivity contribution < 1.29 is 9.18 Å². The first kappa shape index (κ1) is 15.3. The van der Waals surface area contributed by atoms with E-state index in [0.717, 1.165) is 18.4 Å².